The van der Waals surface area contributed by atoms with E-state index in [1.165, 1.54) is 12.1 Å². The first-order valence-corrected chi connectivity index (χ1v) is 9.35. The number of fused-ring (bicyclic) bond motifs is 1. The number of halogens is 5. The standard InChI is InChI=1S/C21H12F5N5O3/c1-34-19(33)10-2-5-15-14(6-10)29-20(21(24,25)26)31(15)17-9-27-16(8-28-17)30-18(32)12-7-11(22)3-4-13(12)23/h2-9H,1H3,(H,27,30,32). The van der Waals surface area contributed by atoms with Crippen LogP contribution in [0.4, 0.5) is 27.8 Å². The van der Waals surface area contributed by atoms with Gasteiger partial charge in [-0.15, -0.1) is 0 Å². The summed E-state index contributed by atoms with van der Waals surface area (Å²) in [5.41, 5.74) is -0.752. The van der Waals surface area contributed by atoms with Gasteiger partial charge in [-0.3, -0.25) is 9.36 Å². The number of ether oxygens (including phenoxy) is 1. The Bertz CT molecular complexity index is 1420. The smallest absolute Gasteiger partial charge is 0.450 e. The second-order valence-corrected chi connectivity index (χ2v) is 6.80. The molecule has 0 saturated carbocycles. The van der Waals surface area contributed by atoms with Crippen LogP contribution in [0.5, 0.6) is 0 Å². The number of carbonyl (C=O) groups excluding carboxylic acids is 2. The highest BCUT2D eigenvalue weighted by molar-refractivity contribution is 6.03. The molecule has 0 fully saturated rings. The number of alkyl halides is 3. The number of benzene rings is 2. The lowest BCUT2D eigenvalue weighted by atomic mass is 10.2. The van der Waals surface area contributed by atoms with Crippen LogP contribution in [0.2, 0.25) is 0 Å². The van der Waals surface area contributed by atoms with E-state index in [0.29, 0.717) is 10.6 Å². The zero-order valence-electron chi connectivity index (χ0n) is 17.0. The van der Waals surface area contributed by atoms with Crippen molar-refractivity contribution in [1.29, 1.82) is 0 Å². The van der Waals surface area contributed by atoms with E-state index in [1.807, 2.05) is 0 Å². The average Bonchev–Trinajstić information content (AvgIpc) is 3.20. The minimum atomic E-state index is -4.88. The number of methoxy groups -OCH3 is 1. The van der Waals surface area contributed by atoms with Crippen LogP contribution in [0, 0.1) is 11.6 Å². The number of rotatable bonds is 4. The van der Waals surface area contributed by atoms with Gasteiger partial charge in [-0.1, -0.05) is 0 Å². The molecule has 0 aliphatic heterocycles. The topological polar surface area (TPSA) is 99.0 Å². The summed E-state index contributed by atoms with van der Waals surface area (Å²) in [5.74, 6) is -5.43. The summed E-state index contributed by atoms with van der Waals surface area (Å²) in [6, 6.07) is 5.94. The Balaban J connectivity index is 1.71. The second-order valence-electron chi connectivity index (χ2n) is 6.80. The summed E-state index contributed by atoms with van der Waals surface area (Å²) >= 11 is 0. The highest BCUT2D eigenvalue weighted by Crippen LogP contribution is 2.33. The third-order valence-electron chi connectivity index (χ3n) is 4.61. The number of imidazole rings is 1. The van der Waals surface area contributed by atoms with Crippen molar-refractivity contribution < 1.29 is 36.3 Å². The number of carbonyl (C=O) groups is 2. The summed E-state index contributed by atoms with van der Waals surface area (Å²) < 4.78 is 73.3. The fraction of sp³-hybridized carbons (Fsp3) is 0.0952. The van der Waals surface area contributed by atoms with Crippen LogP contribution in [0.3, 0.4) is 0 Å². The summed E-state index contributed by atoms with van der Waals surface area (Å²) in [5, 5.41) is 2.19. The predicted molar refractivity (Wildman–Crippen MR) is 107 cm³/mol. The average molecular weight is 477 g/mol. The molecule has 0 aliphatic carbocycles. The van der Waals surface area contributed by atoms with Gasteiger partial charge in [-0.2, -0.15) is 13.2 Å². The molecule has 0 aliphatic rings. The molecule has 2 aromatic carbocycles. The van der Waals surface area contributed by atoms with E-state index in [9.17, 15) is 31.5 Å². The lowest BCUT2D eigenvalue weighted by molar-refractivity contribution is -0.145. The van der Waals surface area contributed by atoms with E-state index in [1.54, 1.807) is 0 Å². The lowest BCUT2D eigenvalue weighted by Crippen LogP contribution is -2.17. The van der Waals surface area contributed by atoms with Crippen LogP contribution in [0.1, 0.15) is 26.5 Å². The van der Waals surface area contributed by atoms with Gasteiger partial charge in [0.2, 0.25) is 5.82 Å². The SMILES string of the molecule is COC(=O)c1ccc2c(c1)nc(C(F)(F)F)n2-c1cnc(NC(=O)c2cc(F)ccc2F)cn1. The van der Waals surface area contributed by atoms with Gasteiger partial charge in [0.25, 0.3) is 5.91 Å². The van der Waals surface area contributed by atoms with Crippen molar-refractivity contribution in [1.82, 2.24) is 19.5 Å². The van der Waals surface area contributed by atoms with Crippen molar-refractivity contribution in [2.45, 2.75) is 6.18 Å². The van der Waals surface area contributed by atoms with Crippen molar-refractivity contribution in [2.75, 3.05) is 12.4 Å². The van der Waals surface area contributed by atoms with Gasteiger partial charge < -0.3 is 10.1 Å². The molecule has 13 heteroatoms. The van der Waals surface area contributed by atoms with Gasteiger partial charge in [0.15, 0.2) is 11.6 Å². The molecule has 0 spiro atoms. The molecule has 0 saturated heterocycles. The Kier molecular flexibility index (Phi) is 5.69. The molecule has 0 unspecified atom stereocenters. The van der Waals surface area contributed by atoms with E-state index in [4.69, 9.17) is 0 Å². The van der Waals surface area contributed by atoms with Gasteiger partial charge >= 0.3 is 12.1 Å². The van der Waals surface area contributed by atoms with E-state index in [2.05, 4.69) is 25.0 Å². The summed E-state index contributed by atoms with van der Waals surface area (Å²) in [6.45, 7) is 0. The maximum absolute atomic E-state index is 13.8. The van der Waals surface area contributed by atoms with Gasteiger partial charge in [0.05, 0.1) is 41.7 Å². The minimum absolute atomic E-state index is 0.00194. The molecule has 174 valence electrons. The molecule has 0 bridgehead atoms. The molecule has 1 amide bonds. The number of esters is 1. The first-order chi connectivity index (χ1) is 16.1. The van der Waals surface area contributed by atoms with E-state index < -0.39 is 41.1 Å². The molecule has 34 heavy (non-hydrogen) atoms. The van der Waals surface area contributed by atoms with Gasteiger partial charge in [-0.05, 0) is 36.4 Å². The molecule has 0 radical (unpaired) electrons. The zero-order chi connectivity index (χ0) is 24.6. The fourth-order valence-electron chi connectivity index (χ4n) is 3.10. The third kappa shape index (κ3) is 4.27. The second kappa shape index (κ2) is 8.50. The highest BCUT2D eigenvalue weighted by atomic mass is 19.4. The van der Waals surface area contributed by atoms with Crippen LogP contribution >= 0.6 is 0 Å². The van der Waals surface area contributed by atoms with Gasteiger partial charge in [0, 0.05) is 0 Å². The van der Waals surface area contributed by atoms with Crippen molar-refractivity contribution in [3.63, 3.8) is 0 Å². The molecule has 4 rings (SSSR count). The predicted octanol–water partition coefficient (Wildman–Crippen LogP) is 4.15. The number of hydrogen-bond acceptors (Lipinski definition) is 6. The van der Waals surface area contributed by atoms with Crippen LogP contribution in [0.25, 0.3) is 16.9 Å². The van der Waals surface area contributed by atoms with Crippen LogP contribution in [0.15, 0.2) is 48.8 Å². The van der Waals surface area contributed by atoms with Crippen molar-refractivity contribution >= 4 is 28.7 Å². The quantitative estimate of drug-likeness (QED) is 0.350. The summed E-state index contributed by atoms with van der Waals surface area (Å²) in [4.78, 5) is 35.2. The molecular weight excluding hydrogens is 465 g/mol. The van der Waals surface area contributed by atoms with Crippen LogP contribution in [-0.4, -0.2) is 38.5 Å². The van der Waals surface area contributed by atoms with Crippen molar-refractivity contribution in [2.24, 2.45) is 0 Å². The van der Waals surface area contributed by atoms with Crippen molar-refractivity contribution in [3.8, 4) is 5.82 Å². The molecule has 2 heterocycles. The molecule has 0 atom stereocenters. The summed E-state index contributed by atoms with van der Waals surface area (Å²) in [6.07, 6.45) is -3.00. The lowest BCUT2D eigenvalue weighted by Gasteiger charge is -2.11. The Morgan fingerprint density at radius 3 is 2.44 bits per heavy atom. The maximum Gasteiger partial charge on any atom is 0.450 e. The molecule has 4 aromatic rings. The molecular formula is C21H12F5N5O3. The number of nitrogens with one attached hydrogen (secondary N) is 1. The van der Waals surface area contributed by atoms with E-state index >= 15 is 0 Å². The highest BCUT2D eigenvalue weighted by Gasteiger charge is 2.38. The van der Waals surface area contributed by atoms with Crippen LogP contribution < -0.4 is 5.32 Å². The first-order valence-electron chi connectivity index (χ1n) is 9.35. The fourth-order valence-corrected chi connectivity index (χ4v) is 3.10. The number of hydrogen-bond donors (Lipinski definition) is 1. The largest absolute Gasteiger partial charge is 0.465 e. The van der Waals surface area contributed by atoms with E-state index in [-0.39, 0.29) is 28.2 Å². The van der Waals surface area contributed by atoms with E-state index in [0.717, 1.165) is 37.7 Å². The monoisotopic (exact) mass is 477 g/mol. The zero-order valence-corrected chi connectivity index (χ0v) is 17.0. The number of aromatic nitrogens is 4. The number of nitrogens with zero attached hydrogens (tertiary/aromatic N) is 4. The Hall–Kier alpha value is -4.42. The van der Waals surface area contributed by atoms with Gasteiger partial charge in [-0.25, -0.2) is 28.5 Å². The molecule has 1 N–H and O–H groups in total. The summed E-state index contributed by atoms with van der Waals surface area (Å²) in [7, 11) is 1.13. The van der Waals surface area contributed by atoms with Crippen molar-refractivity contribution in [3.05, 3.63) is 77.4 Å². The molecule has 8 nitrogen and oxygen atoms in total. The normalized spacial score (nSPS) is 11.5. The maximum atomic E-state index is 13.8. The van der Waals surface area contributed by atoms with Crippen LogP contribution in [-0.2, 0) is 10.9 Å². The number of amides is 1. The molecule has 2 aromatic heterocycles. The third-order valence-corrected chi connectivity index (χ3v) is 4.61. The Morgan fingerprint density at radius 1 is 1.03 bits per heavy atom. The first kappa shape index (κ1) is 22.8. The Morgan fingerprint density at radius 2 is 1.79 bits per heavy atom. The minimum Gasteiger partial charge on any atom is -0.465 e. The Labute approximate surface area is 187 Å². The van der Waals surface area contributed by atoms with Gasteiger partial charge in [0.1, 0.15) is 11.6 Å². The number of anilines is 1.